The molecule has 0 unspecified atom stereocenters. The number of likely N-dealkylation sites (tertiary alicyclic amines) is 1. The molecule has 0 saturated carbocycles. The lowest BCUT2D eigenvalue weighted by Crippen LogP contribution is -2.42. The summed E-state index contributed by atoms with van der Waals surface area (Å²) in [7, 11) is 0. The highest BCUT2D eigenvalue weighted by molar-refractivity contribution is 5.95. The lowest BCUT2D eigenvalue weighted by molar-refractivity contribution is -0.126. The Labute approximate surface area is 170 Å². The third-order valence-corrected chi connectivity index (χ3v) is 5.41. The number of benzene rings is 2. The summed E-state index contributed by atoms with van der Waals surface area (Å²) in [6, 6.07) is 21.5. The van der Waals surface area contributed by atoms with Crippen LogP contribution in [0.25, 0.3) is 11.1 Å². The molecule has 1 fully saturated rings. The van der Waals surface area contributed by atoms with Gasteiger partial charge in [0.15, 0.2) is 0 Å². The van der Waals surface area contributed by atoms with Crippen LogP contribution in [0.4, 0.5) is 0 Å². The second-order valence-corrected chi connectivity index (χ2v) is 7.31. The van der Waals surface area contributed by atoms with Gasteiger partial charge in [-0.25, -0.2) is 0 Å². The van der Waals surface area contributed by atoms with Crippen LogP contribution in [0.2, 0.25) is 0 Å². The first-order valence-electron chi connectivity index (χ1n) is 9.95. The van der Waals surface area contributed by atoms with E-state index in [-0.39, 0.29) is 17.7 Å². The van der Waals surface area contributed by atoms with Crippen molar-refractivity contribution in [3.05, 3.63) is 84.3 Å². The van der Waals surface area contributed by atoms with Gasteiger partial charge in [-0.15, -0.1) is 0 Å². The summed E-state index contributed by atoms with van der Waals surface area (Å²) in [5.74, 6) is 0.735. The Hall–Kier alpha value is -3.34. The summed E-state index contributed by atoms with van der Waals surface area (Å²) < 4.78 is 5.24. The van der Waals surface area contributed by atoms with Crippen molar-refractivity contribution < 1.29 is 14.0 Å². The van der Waals surface area contributed by atoms with Gasteiger partial charge in [0, 0.05) is 24.6 Å². The molecule has 1 aromatic heterocycles. The number of amides is 2. The van der Waals surface area contributed by atoms with E-state index in [1.54, 1.807) is 12.3 Å². The number of nitrogens with zero attached hydrogens (tertiary/aromatic N) is 1. The third kappa shape index (κ3) is 4.57. The van der Waals surface area contributed by atoms with Gasteiger partial charge in [-0.05, 0) is 48.2 Å². The average molecular weight is 388 g/mol. The Bertz CT molecular complexity index is 942. The number of rotatable bonds is 5. The molecular weight excluding hydrogens is 364 g/mol. The van der Waals surface area contributed by atoms with Gasteiger partial charge >= 0.3 is 0 Å². The van der Waals surface area contributed by atoms with E-state index in [4.69, 9.17) is 4.42 Å². The van der Waals surface area contributed by atoms with Crippen molar-refractivity contribution in [2.45, 2.75) is 19.4 Å². The fourth-order valence-electron chi connectivity index (χ4n) is 3.69. The van der Waals surface area contributed by atoms with Crippen LogP contribution in [0.3, 0.4) is 0 Å². The molecule has 4 rings (SSSR count). The summed E-state index contributed by atoms with van der Waals surface area (Å²) in [6.45, 7) is 1.59. The lowest BCUT2D eigenvalue weighted by Gasteiger charge is -2.31. The zero-order chi connectivity index (χ0) is 20.1. The van der Waals surface area contributed by atoms with Crippen LogP contribution >= 0.6 is 0 Å². The highest BCUT2D eigenvalue weighted by atomic mass is 16.3. The van der Waals surface area contributed by atoms with Crippen molar-refractivity contribution in [1.29, 1.82) is 0 Å². The Kier molecular flexibility index (Phi) is 5.75. The number of furan rings is 1. The molecule has 0 atom stereocenters. The summed E-state index contributed by atoms with van der Waals surface area (Å²) in [5, 5.41) is 2.92. The van der Waals surface area contributed by atoms with Crippen molar-refractivity contribution in [2.24, 2.45) is 5.92 Å². The van der Waals surface area contributed by atoms with Crippen LogP contribution in [-0.2, 0) is 11.3 Å². The molecule has 2 amide bonds. The van der Waals surface area contributed by atoms with E-state index >= 15 is 0 Å². The van der Waals surface area contributed by atoms with E-state index in [2.05, 4.69) is 17.4 Å². The Morgan fingerprint density at radius 3 is 2.24 bits per heavy atom. The fourth-order valence-corrected chi connectivity index (χ4v) is 3.69. The molecule has 5 nitrogen and oxygen atoms in total. The largest absolute Gasteiger partial charge is 0.467 e. The minimum Gasteiger partial charge on any atom is -0.467 e. The van der Waals surface area contributed by atoms with Crippen LogP contribution in [-0.4, -0.2) is 29.8 Å². The number of nitrogens with one attached hydrogen (secondary N) is 1. The second kappa shape index (κ2) is 8.78. The molecule has 0 spiro atoms. The topological polar surface area (TPSA) is 62.6 Å². The maximum atomic E-state index is 12.8. The van der Waals surface area contributed by atoms with Gasteiger partial charge in [0.2, 0.25) is 5.91 Å². The van der Waals surface area contributed by atoms with Crippen LogP contribution in [0, 0.1) is 5.92 Å². The Morgan fingerprint density at radius 1 is 0.897 bits per heavy atom. The molecule has 1 aliphatic heterocycles. The minimum atomic E-state index is -0.0607. The molecule has 0 bridgehead atoms. The summed E-state index contributed by atoms with van der Waals surface area (Å²) in [5.41, 5.74) is 2.91. The number of piperidine rings is 1. The first-order chi connectivity index (χ1) is 14.2. The molecule has 29 heavy (non-hydrogen) atoms. The number of hydrogen-bond donors (Lipinski definition) is 1. The van der Waals surface area contributed by atoms with E-state index in [0.717, 1.165) is 16.9 Å². The van der Waals surface area contributed by atoms with Gasteiger partial charge in [-0.1, -0.05) is 42.5 Å². The highest BCUT2D eigenvalue weighted by Gasteiger charge is 2.27. The predicted molar refractivity (Wildman–Crippen MR) is 111 cm³/mol. The van der Waals surface area contributed by atoms with Crippen molar-refractivity contribution >= 4 is 11.8 Å². The minimum absolute atomic E-state index is 0.0269. The Morgan fingerprint density at radius 2 is 1.59 bits per heavy atom. The van der Waals surface area contributed by atoms with Gasteiger partial charge in [0.05, 0.1) is 12.8 Å². The van der Waals surface area contributed by atoms with Crippen molar-refractivity contribution in [3.63, 3.8) is 0 Å². The molecule has 3 aromatic rings. The molecule has 2 aromatic carbocycles. The van der Waals surface area contributed by atoms with E-state index in [1.165, 1.54) is 0 Å². The maximum absolute atomic E-state index is 12.8. The molecule has 5 heteroatoms. The van der Waals surface area contributed by atoms with Crippen LogP contribution in [0.5, 0.6) is 0 Å². The number of carbonyl (C=O) groups excluding carboxylic acids is 2. The van der Waals surface area contributed by atoms with E-state index < -0.39 is 0 Å². The summed E-state index contributed by atoms with van der Waals surface area (Å²) >= 11 is 0. The molecule has 2 heterocycles. The van der Waals surface area contributed by atoms with Gasteiger partial charge in [-0.2, -0.15) is 0 Å². The quantitative estimate of drug-likeness (QED) is 0.715. The van der Waals surface area contributed by atoms with Crippen LogP contribution < -0.4 is 5.32 Å². The number of hydrogen-bond acceptors (Lipinski definition) is 3. The second-order valence-electron chi connectivity index (χ2n) is 7.31. The predicted octanol–water partition coefficient (Wildman–Crippen LogP) is 4.12. The van der Waals surface area contributed by atoms with Crippen molar-refractivity contribution in [3.8, 4) is 11.1 Å². The zero-order valence-electron chi connectivity index (χ0n) is 16.2. The average Bonchev–Trinajstić information content (AvgIpc) is 3.31. The lowest BCUT2D eigenvalue weighted by atomic mass is 9.95. The van der Waals surface area contributed by atoms with Gasteiger partial charge < -0.3 is 14.6 Å². The van der Waals surface area contributed by atoms with Gasteiger partial charge in [0.1, 0.15) is 5.76 Å². The SMILES string of the molecule is O=C(NCc1ccco1)C1CCN(C(=O)c2ccc(-c3ccccc3)cc2)CC1. The van der Waals surface area contributed by atoms with Crippen LogP contribution in [0.15, 0.2) is 77.4 Å². The Balaban J connectivity index is 1.30. The third-order valence-electron chi connectivity index (χ3n) is 5.41. The van der Waals surface area contributed by atoms with E-state index in [1.807, 2.05) is 53.4 Å². The van der Waals surface area contributed by atoms with E-state index in [9.17, 15) is 9.59 Å². The molecule has 1 saturated heterocycles. The fraction of sp³-hybridized carbons (Fsp3) is 0.250. The van der Waals surface area contributed by atoms with Crippen LogP contribution in [0.1, 0.15) is 29.0 Å². The molecule has 1 N–H and O–H groups in total. The smallest absolute Gasteiger partial charge is 0.253 e. The first kappa shape index (κ1) is 19.0. The maximum Gasteiger partial charge on any atom is 0.253 e. The monoisotopic (exact) mass is 388 g/mol. The molecule has 148 valence electrons. The number of carbonyl (C=O) groups is 2. The molecule has 0 radical (unpaired) electrons. The standard InChI is InChI=1S/C24H24N2O3/c27-23(25-17-22-7-4-16-29-22)20-12-14-26(15-13-20)24(28)21-10-8-19(9-11-21)18-5-2-1-3-6-18/h1-11,16,20H,12-15,17H2,(H,25,27). The summed E-state index contributed by atoms with van der Waals surface area (Å²) in [6.07, 6.45) is 2.95. The highest BCUT2D eigenvalue weighted by Crippen LogP contribution is 2.22. The van der Waals surface area contributed by atoms with Gasteiger partial charge in [-0.3, -0.25) is 9.59 Å². The molecular formula is C24H24N2O3. The molecule has 1 aliphatic rings. The summed E-state index contributed by atoms with van der Waals surface area (Å²) in [4.78, 5) is 27.0. The van der Waals surface area contributed by atoms with Crippen molar-refractivity contribution in [1.82, 2.24) is 10.2 Å². The first-order valence-corrected chi connectivity index (χ1v) is 9.95. The molecule has 0 aliphatic carbocycles. The van der Waals surface area contributed by atoms with E-state index in [0.29, 0.717) is 38.0 Å². The van der Waals surface area contributed by atoms with Crippen molar-refractivity contribution in [2.75, 3.05) is 13.1 Å². The van der Waals surface area contributed by atoms with Gasteiger partial charge in [0.25, 0.3) is 5.91 Å². The zero-order valence-corrected chi connectivity index (χ0v) is 16.2. The normalized spacial score (nSPS) is 14.6.